The van der Waals surface area contributed by atoms with Gasteiger partial charge in [-0.3, -0.25) is 14.4 Å². The number of carbonyl (C=O) groups is 4. The normalized spacial score (nSPS) is 14.7. The zero-order valence-electron chi connectivity index (χ0n) is 15.5. The van der Waals surface area contributed by atoms with Crippen molar-refractivity contribution in [3.8, 4) is 0 Å². The third-order valence-corrected chi connectivity index (χ3v) is 3.78. The molecule has 0 saturated heterocycles. The molecule has 0 aliphatic heterocycles. The van der Waals surface area contributed by atoms with Crippen LogP contribution in [0.1, 0.15) is 53.9 Å². The average molecular weight is 358 g/mol. The van der Waals surface area contributed by atoms with Gasteiger partial charge in [-0.05, 0) is 24.7 Å². The molecule has 0 bridgehead atoms. The minimum atomic E-state index is -1.31. The first kappa shape index (κ1) is 22.9. The van der Waals surface area contributed by atoms with E-state index in [1.165, 1.54) is 0 Å². The molecule has 0 fully saturated rings. The SMILES string of the molecule is CC(C)C[C@H](C)C(=O)N[C@H](C(=O)N[C@@H](CCC(=O)O)C(=O)O)C(C)C. The molecule has 0 spiro atoms. The Morgan fingerprint density at radius 1 is 0.880 bits per heavy atom. The van der Waals surface area contributed by atoms with Crippen LogP contribution in [0.3, 0.4) is 0 Å². The van der Waals surface area contributed by atoms with Gasteiger partial charge in [0, 0.05) is 12.3 Å². The molecule has 144 valence electrons. The zero-order chi connectivity index (χ0) is 19.7. The van der Waals surface area contributed by atoms with Crippen molar-refractivity contribution in [3.63, 3.8) is 0 Å². The van der Waals surface area contributed by atoms with Gasteiger partial charge in [0.2, 0.25) is 11.8 Å². The van der Waals surface area contributed by atoms with Crippen molar-refractivity contribution in [2.45, 2.75) is 66.0 Å². The minimum Gasteiger partial charge on any atom is -0.481 e. The molecule has 0 unspecified atom stereocenters. The first-order chi connectivity index (χ1) is 11.5. The molecule has 0 aromatic heterocycles. The number of hydrogen-bond acceptors (Lipinski definition) is 4. The summed E-state index contributed by atoms with van der Waals surface area (Å²) in [6.45, 7) is 9.25. The Balaban J connectivity index is 4.94. The molecule has 0 aliphatic rings. The predicted octanol–water partition coefficient (Wildman–Crippen LogP) is 1.24. The van der Waals surface area contributed by atoms with E-state index >= 15 is 0 Å². The summed E-state index contributed by atoms with van der Waals surface area (Å²) in [5, 5.41) is 22.8. The topological polar surface area (TPSA) is 133 Å². The van der Waals surface area contributed by atoms with Gasteiger partial charge in [-0.15, -0.1) is 0 Å². The molecule has 4 N–H and O–H groups in total. The van der Waals surface area contributed by atoms with Crippen LogP contribution in [0.25, 0.3) is 0 Å². The van der Waals surface area contributed by atoms with Crippen molar-refractivity contribution in [1.82, 2.24) is 10.6 Å². The summed E-state index contributed by atoms with van der Waals surface area (Å²) < 4.78 is 0. The second kappa shape index (κ2) is 10.7. The van der Waals surface area contributed by atoms with Crippen LogP contribution >= 0.6 is 0 Å². The summed E-state index contributed by atoms with van der Waals surface area (Å²) in [5.41, 5.74) is 0. The number of amides is 2. The third-order valence-electron chi connectivity index (χ3n) is 3.78. The Kier molecular flexibility index (Phi) is 9.78. The number of carbonyl (C=O) groups excluding carboxylic acids is 2. The van der Waals surface area contributed by atoms with E-state index in [2.05, 4.69) is 10.6 Å². The smallest absolute Gasteiger partial charge is 0.326 e. The Morgan fingerprint density at radius 2 is 1.44 bits per heavy atom. The summed E-state index contributed by atoms with van der Waals surface area (Å²) >= 11 is 0. The summed E-state index contributed by atoms with van der Waals surface area (Å²) in [6, 6.07) is -2.19. The summed E-state index contributed by atoms with van der Waals surface area (Å²) in [6.07, 6.45) is 0.0783. The number of hydrogen-bond donors (Lipinski definition) is 4. The number of nitrogens with one attached hydrogen (secondary N) is 2. The van der Waals surface area contributed by atoms with Gasteiger partial charge in [0.1, 0.15) is 12.1 Å². The van der Waals surface area contributed by atoms with Crippen LogP contribution in [0.4, 0.5) is 0 Å². The first-order valence-corrected chi connectivity index (χ1v) is 8.51. The molecule has 8 heteroatoms. The van der Waals surface area contributed by atoms with Crippen molar-refractivity contribution >= 4 is 23.8 Å². The van der Waals surface area contributed by atoms with Crippen LogP contribution in [0.2, 0.25) is 0 Å². The third kappa shape index (κ3) is 9.07. The van der Waals surface area contributed by atoms with Crippen molar-refractivity contribution in [2.24, 2.45) is 17.8 Å². The number of carboxylic acids is 2. The number of carboxylic acid groups (broad SMARTS) is 2. The first-order valence-electron chi connectivity index (χ1n) is 8.51. The van der Waals surface area contributed by atoms with E-state index in [0.717, 1.165) is 0 Å². The maximum absolute atomic E-state index is 12.4. The van der Waals surface area contributed by atoms with Crippen LogP contribution in [0.5, 0.6) is 0 Å². The average Bonchev–Trinajstić information content (AvgIpc) is 2.46. The lowest BCUT2D eigenvalue weighted by molar-refractivity contribution is -0.143. The Labute approximate surface area is 148 Å². The molecule has 0 heterocycles. The van der Waals surface area contributed by atoms with E-state index in [1.807, 2.05) is 13.8 Å². The largest absolute Gasteiger partial charge is 0.481 e. The highest BCUT2D eigenvalue weighted by atomic mass is 16.4. The molecule has 2 amide bonds. The quantitative estimate of drug-likeness (QED) is 0.439. The molecule has 0 aromatic rings. The fraction of sp³-hybridized carbons (Fsp3) is 0.765. The monoisotopic (exact) mass is 358 g/mol. The number of rotatable bonds is 11. The van der Waals surface area contributed by atoms with Gasteiger partial charge < -0.3 is 20.8 Å². The van der Waals surface area contributed by atoms with Gasteiger partial charge in [-0.2, -0.15) is 0 Å². The van der Waals surface area contributed by atoms with Crippen molar-refractivity contribution in [1.29, 1.82) is 0 Å². The molecule has 0 aromatic carbocycles. The van der Waals surface area contributed by atoms with Gasteiger partial charge in [0.15, 0.2) is 0 Å². The highest BCUT2D eigenvalue weighted by molar-refractivity contribution is 5.91. The van der Waals surface area contributed by atoms with E-state index in [9.17, 15) is 19.2 Å². The van der Waals surface area contributed by atoms with Crippen molar-refractivity contribution < 1.29 is 29.4 Å². The van der Waals surface area contributed by atoms with Gasteiger partial charge in [-0.1, -0.05) is 34.6 Å². The van der Waals surface area contributed by atoms with Gasteiger partial charge in [0.25, 0.3) is 0 Å². The van der Waals surface area contributed by atoms with Gasteiger partial charge >= 0.3 is 11.9 Å². The van der Waals surface area contributed by atoms with E-state index in [4.69, 9.17) is 10.2 Å². The molecule has 0 aliphatic carbocycles. The van der Waals surface area contributed by atoms with Gasteiger partial charge in [-0.25, -0.2) is 4.79 Å². The lowest BCUT2D eigenvalue weighted by Gasteiger charge is -2.25. The van der Waals surface area contributed by atoms with Crippen LogP contribution in [0, 0.1) is 17.8 Å². The predicted molar refractivity (Wildman–Crippen MR) is 91.8 cm³/mol. The molecular weight excluding hydrogens is 328 g/mol. The maximum atomic E-state index is 12.4. The maximum Gasteiger partial charge on any atom is 0.326 e. The lowest BCUT2D eigenvalue weighted by Crippen LogP contribution is -2.54. The molecule has 0 radical (unpaired) electrons. The second-order valence-electron chi connectivity index (χ2n) is 7.09. The lowest BCUT2D eigenvalue weighted by atomic mass is 9.96. The van der Waals surface area contributed by atoms with Crippen LogP contribution in [-0.4, -0.2) is 46.0 Å². The second-order valence-corrected chi connectivity index (χ2v) is 7.09. The van der Waals surface area contributed by atoms with Crippen molar-refractivity contribution in [3.05, 3.63) is 0 Å². The minimum absolute atomic E-state index is 0.223. The highest BCUT2D eigenvalue weighted by Gasteiger charge is 2.30. The molecule has 0 rings (SSSR count). The van der Waals surface area contributed by atoms with E-state index in [-0.39, 0.29) is 30.6 Å². The number of aliphatic carboxylic acids is 2. The van der Waals surface area contributed by atoms with E-state index in [0.29, 0.717) is 12.3 Å². The Morgan fingerprint density at radius 3 is 1.84 bits per heavy atom. The fourth-order valence-corrected chi connectivity index (χ4v) is 2.43. The van der Waals surface area contributed by atoms with E-state index in [1.54, 1.807) is 20.8 Å². The van der Waals surface area contributed by atoms with E-state index < -0.39 is 29.9 Å². The summed E-state index contributed by atoms with van der Waals surface area (Å²) in [7, 11) is 0. The van der Waals surface area contributed by atoms with Crippen LogP contribution in [-0.2, 0) is 19.2 Å². The highest BCUT2D eigenvalue weighted by Crippen LogP contribution is 2.12. The Hall–Kier alpha value is -2.12. The van der Waals surface area contributed by atoms with Crippen LogP contribution in [0.15, 0.2) is 0 Å². The summed E-state index contributed by atoms with van der Waals surface area (Å²) in [4.78, 5) is 46.4. The van der Waals surface area contributed by atoms with Crippen molar-refractivity contribution in [2.75, 3.05) is 0 Å². The standard InChI is InChI=1S/C17H30N2O6/c1-9(2)8-11(5)15(22)19-14(10(3)4)16(23)18-12(17(24)25)6-7-13(20)21/h9-12,14H,6-8H2,1-5H3,(H,18,23)(H,19,22)(H,20,21)(H,24,25)/t11-,12-,14-/m0/s1. The molecule has 0 saturated carbocycles. The van der Waals surface area contributed by atoms with Crippen LogP contribution < -0.4 is 10.6 Å². The van der Waals surface area contributed by atoms with Gasteiger partial charge in [0.05, 0.1) is 0 Å². The fourth-order valence-electron chi connectivity index (χ4n) is 2.43. The molecule has 3 atom stereocenters. The zero-order valence-corrected chi connectivity index (χ0v) is 15.5. The summed E-state index contributed by atoms with van der Waals surface area (Å²) in [5.74, 6) is -3.52. The molecule has 25 heavy (non-hydrogen) atoms. The molecule has 8 nitrogen and oxygen atoms in total. The Bertz CT molecular complexity index is 490. The molecular formula is C17H30N2O6.